The Labute approximate surface area is 92.2 Å². The van der Waals surface area contributed by atoms with Crippen molar-refractivity contribution < 1.29 is 0 Å². The standard InChI is InChI=1S/C14H19N/c1-3-14-13(5-4-10-15-14)12-8-6-11(2)7-9-12/h6-9,13H,3-5,10H2,1-2H3. The molecular formula is C14H19N. The van der Waals surface area contributed by atoms with Crippen molar-refractivity contribution >= 4 is 5.71 Å². The lowest BCUT2D eigenvalue weighted by Gasteiger charge is -2.23. The molecule has 15 heavy (non-hydrogen) atoms. The van der Waals surface area contributed by atoms with Crippen LogP contribution in [0.2, 0.25) is 0 Å². The fourth-order valence-corrected chi connectivity index (χ4v) is 2.31. The van der Waals surface area contributed by atoms with E-state index in [0.717, 1.165) is 13.0 Å². The second-order valence-corrected chi connectivity index (χ2v) is 4.33. The van der Waals surface area contributed by atoms with E-state index in [1.165, 1.54) is 29.7 Å². The fraction of sp³-hybridized carbons (Fsp3) is 0.500. The monoisotopic (exact) mass is 201 g/mol. The number of benzene rings is 1. The Hall–Kier alpha value is -1.11. The molecule has 0 spiro atoms. The van der Waals surface area contributed by atoms with Gasteiger partial charge in [0.25, 0.3) is 0 Å². The van der Waals surface area contributed by atoms with E-state index in [9.17, 15) is 0 Å². The van der Waals surface area contributed by atoms with Gasteiger partial charge in [-0.3, -0.25) is 4.99 Å². The van der Waals surface area contributed by atoms with Gasteiger partial charge < -0.3 is 0 Å². The zero-order chi connectivity index (χ0) is 10.7. The van der Waals surface area contributed by atoms with Crippen molar-refractivity contribution in [2.75, 3.05) is 6.54 Å². The van der Waals surface area contributed by atoms with Crippen molar-refractivity contribution in [3.63, 3.8) is 0 Å². The molecule has 0 saturated carbocycles. The minimum Gasteiger partial charge on any atom is -0.293 e. The molecule has 1 aromatic rings. The molecule has 0 fully saturated rings. The lowest BCUT2D eigenvalue weighted by Crippen LogP contribution is -2.17. The van der Waals surface area contributed by atoms with E-state index in [4.69, 9.17) is 0 Å². The highest BCUT2D eigenvalue weighted by Crippen LogP contribution is 2.27. The van der Waals surface area contributed by atoms with Crippen LogP contribution in [0.3, 0.4) is 0 Å². The van der Waals surface area contributed by atoms with Gasteiger partial charge in [0.2, 0.25) is 0 Å². The minimum absolute atomic E-state index is 0.587. The maximum absolute atomic E-state index is 4.64. The van der Waals surface area contributed by atoms with Crippen molar-refractivity contribution in [3.05, 3.63) is 35.4 Å². The normalized spacial score (nSPS) is 21.2. The van der Waals surface area contributed by atoms with Gasteiger partial charge in [-0.25, -0.2) is 0 Å². The molecule has 1 aliphatic rings. The lowest BCUT2D eigenvalue weighted by molar-refractivity contribution is 0.662. The van der Waals surface area contributed by atoms with Crippen LogP contribution in [0, 0.1) is 6.92 Å². The molecule has 1 nitrogen and oxygen atoms in total. The smallest absolute Gasteiger partial charge is 0.0389 e. The maximum Gasteiger partial charge on any atom is 0.0389 e. The predicted octanol–water partition coefficient (Wildman–Crippen LogP) is 3.72. The Morgan fingerprint density at radius 2 is 2.00 bits per heavy atom. The first-order valence-corrected chi connectivity index (χ1v) is 5.91. The second kappa shape index (κ2) is 4.61. The van der Waals surface area contributed by atoms with Crippen LogP contribution in [0.15, 0.2) is 29.3 Å². The van der Waals surface area contributed by atoms with Crippen LogP contribution in [0.1, 0.15) is 43.2 Å². The van der Waals surface area contributed by atoms with Gasteiger partial charge in [0.05, 0.1) is 0 Å². The summed E-state index contributed by atoms with van der Waals surface area (Å²) in [6, 6.07) is 8.93. The van der Waals surface area contributed by atoms with Gasteiger partial charge in [-0.2, -0.15) is 0 Å². The Morgan fingerprint density at radius 3 is 2.67 bits per heavy atom. The summed E-state index contributed by atoms with van der Waals surface area (Å²) in [4.78, 5) is 4.64. The van der Waals surface area contributed by atoms with Gasteiger partial charge in [-0.1, -0.05) is 36.8 Å². The highest BCUT2D eigenvalue weighted by atomic mass is 14.8. The molecule has 0 N–H and O–H groups in total. The van der Waals surface area contributed by atoms with E-state index in [2.05, 4.69) is 43.1 Å². The van der Waals surface area contributed by atoms with Crippen molar-refractivity contribution in [1.82, 2.24) is 0 Å². The third kappa shape index (κ3) is 2.28. The maximum atomic E-state index is 4.64. The Morgan fingerprint density at radius 1 is 1.27 bits per heavy atom. The minimum atomic E-state index is 0.587. The van der Waals surface area contributed by atoms with Gasteiger partial charge in [-0.05, 0) is 31.7 Å². The van der Waals surface area contributed by atoms with Crippen molar-refractivity contribution in [3.8, 4) is 0 Å². The van der Waals surface area contributed by atoms with E-state index in [1.807, 2.05) is 0 Å². The highest BCUT2D eigenvalue weighted by molar-refractivity contribution is 5.91. The number of aryl methyl sites for hydroxylation is 1. The number of hydrogen-bond acceptors (Lipinski definition) is 1. The molecule has 0 aromatic heterocycles. The van der Waals surface area contributed by atoms with Gasteiger partial charge in [0, 0.05) is 18.2 Å². The first kappa shape index (κ1) is 10.4. The summed E-state index contributed by atoms with van der Waals surface area (Å²) in [7, 11) is 0. The Kier molecular flexibility index (Phi) is 3.20. The number of hydrogen-bond donors (Lipinski definition) is 0. The molecule has 1 aromatic carbocycles. The highest BCUT2D eigenvalue weighted by Gasteiger charge is 2.19. The quantitative estimate of drug-likeness (QED) is 0.691. The molecule has 2 rings (SSSR count). The zero-order valence-electron chi connectivity index (χ0n) is 9.66. The van der Waals surface area contributed by atoms with Crippen LogP contribution in [0.5, 0.6) is 0 Å². The molecule has 0 saturated heterocycles. The predicted molar refractivity (Wildman–Crippen MR) is 65.7 cm³/mol. The molecule has 0 amide bonds. The van der Waals surface area contributed by atoms with Gasteiger partial charge in [0.1, 0.15) is 0 Å². The van der Waals surface area contributed by atoms with Gasteiger partial charge in [0.15, 0.2) is 0 Å². The topological polar surface area (TPSA) is 12.4 Å². The summed E-state index contributed by atoms with van der Waals surface area (Å²) < 4.78 is 0. The molecule has 0 aliphatic carbocycles. The van der Waals surface area contributed by atoms with Crippen LogP contribution in [-0.4, -0.2) is 12.3 Å². The summed E-state index contributed by atoms with van der Waals surface area (Å²) in [5, 5.41) is 0. The molecular weight excluding hydrogens is 182 g/mol. The average Bonchev–Trinajstić information content (AvgIpc) is 2.30. The van der Waals surface area contributed by atoms with Crippen LogP contribution in [0.4, 0.5) is 0 Å². The molecule has 1 heteroatoms. The van der Waals surface area contributed by atoms with Crippen LogP contribution in [0.25, 0.3) is 0 Å². The number of aliphatic imine (C=N–C) groups is 1. The van der Waals surface area contributed by atoms with Crippen LogP contribution in [-0.2, 0) is 0 Å². The van der Waals surface area contributed by atoms with Gasteiger partial charge >= 0.3 is 0 Å². The van der Waals surface area contributed by atoms with E-state index < -0.39 is 0 Å². The lowest BCUT2D eigenvalue weighted by atomic mass is 9.86. The summed E-state index contributed by atoms with van der Waals surface area (Å²) in [5.41, 5.74) is 4.18. The Balaban J connectivity index is 2.25. The van der Waals surface area contributed by atoms with Gasteiger partial charge in [-0.15, -0.1) is 0 Å². The van der Waals surface area contributed by atoms with E-state index >= 15 is 0 Å². The SMILES string of the molecule is CCC1=NCCCC1c1ccc(C)cc1. The van der Waals surface area contributed by atoms with E-state index in [0.29, 0.717) is 5.92 Å². The summed E-state index contributed by atoms with van der Waals surface area (Å²) in [6.45, 7) is 5.39. The van der Waals surface area contributed by atoms with Crippen LogP contribution < -0.4 is 0 Å². The molecule has 0 radical (unpaired) electrons. The van der Waals surface area contributed by atoms with E-state index in [1.54, 1.807) is 0 Å². The molecule has 1 unspecified atom stereocenters. The fourth-order valence-electron chi connectivity index (χ4n) is 2.31. The van der Waals surface area contributed by atoms with Crippen LogP contribution >= 0.6 is 0 Å². The molecule has 1 aliphatic heterocycles. The van der Waals surface area contributed by atoms with E-state index in [-0.39, 0.29) is 0 Å². The summed E-state index contributed by atoms with van der Waals surface area (Å²) in [6.07, 6.45) is 3.61. The summed E-state index contributed by atoms with van der Waals surface area (Å²) in [5.74, 6) is 0.587. The zero-order valence-corrected chi connectivity index (χ0v) is 9.66. The Bertz CT molecular complexity index is 348. The van der Waals surface area contributed by atoms with Crippen molar-refractivity contribution in [2.24, 2.45) is 4.99 Å². The largest absolute Gasteiger partial charge is 0.293 e. The van der Waals surface area contributed by atoms with Crippen molar-refractivity contribution in [1.29, 1.82) is 0 Å². The number of nitrogens with zero attached hydrogens (tertiary/aromatic N) is 1. The third-order valence-corrected chi connectivity index (χ3v) is 3.21. The average molecular weight is 201 g/mol. The second-order valence-electron chi connectivity index (χ2n) is 4.33. The van der Waals surface area contributed by atoms with Crippen molar-refractivity contribution in [2.45, 2.75) is 39.0 Å². The molecule has 1 atom stereocenters. The number of rotatable bonds is 2. The third-order valence-electron chi connectivity index (χ3n) is 3.21. The first-order chi connectivity index (χ1) is 7.31. The molecule has 1 heterocycles. The molecule has 80 valence electrons. The molecule has 0 bridgehead atoms. The first-order valence-electron chi connectivity index (χ1n) is 5.91. The summed E-state index contributed by atoms with van der Waals surface area (Å²) >= 11 is 0.